The van der Waals surface area contributed by atoms with E-state index in [-0.39, 0.29) is 6.17 Å². The fourth-order valence-electron chi connectivity index (χ4n) is 2.94. The summed E-state index contributed by atoms with van der Waals surface area (Å²) in [4.78, 5) is 4.38. The lowest BCUT2D eigenvalue weighted by Gasteiger charge is -2.08. The summed E-state index contributed by atoms with van der Waals surface area (Å²) in [6.45, 7) is 8.05. The Labute approximate surface area is 189 Å². The third kappa shape index (κ3) is 8.11. The number of amidine groups is 1. The van der Waals surface area contributed by atoms with Gasteiger partial charge in [0, 0.05) is 26.8 Å². The largest absolute Gasteiger partial charge is 0.385 e. The van der Waals surface area contributed by atoms with Crippen molar-refractivity contribution in [3.05, 3.63) is 0 Å². The molecule has 0 saturated heterocycles. The van der Waals surface area contributed by atoms with Crippen LogP contribution in [-0.2, 0) is 4.74 Å². The number of thioether (sulfide) groups is 1. The molecule has 0 spiro atoms. The van der Waals surface area contributed by atoms with Gasteiger partial charge >= 0.3 is 6.17 Å². The van der Waals surface area contributed by atoms with Crippen LogP contribution < -0.4 is 16.2 Å². The molecule has 0 saturated carbocycles. The van der Waals surface area contributed by atoms with Gasteiger partial charge in [0.05, 0.1) is 12.1 Å². The molecule has 0 aromatic carbocycles. The Morgan fingerprint density at radius 1 is 1.27 bits per heavy atom. The maximum absolute atomic E-state index is 5.27. The van der Waals surface area contributed by atoms with Gasteiger partial charge in [-0.05, 0) is 45.7 Å². The molecule has 0 amide bonds. The van der Waals surface area contributed by atoms with E-state index in [9.17, 15) is 0 Å². The summed E-state index contributed by atoms with van der Waals surface area (Å²) in [5, 5.41) is 13.4. The summed E-state index contributed by atoms with van der Waals surface area (Å²) < 4.78 is 9.61. The van der Waals surface area contributed by atoms with E-state index in [0.29, 0.717) is 17.4 Å². The zero-order valence-corrected chi connectivity index (χ0v) is 20.8. The van der Waals surface area contributed by atoms with Crippen LogP contribution in [-0.4, -0.2) is 96.1 Å². The quantitative estimate of drug-likeness (QED) is 0.114. The summed E-state index contributed by atoms with van der Waals surface area (Å²) in [5.74, 6) is 0. The fourth-order valence-corrected chi connectivity index (χ4v) is 3.53. The highest BCUT2D eigenvalue weighted by molar-refractivity contribution is 8.13. The minimum absolute atomic E-state index is 0.227. The molecule has 30 heavy (non-hydrogen) atoms. The lowest BCUT2D eigenvalue weighted by atomic mass is 10.1. The number of nitrogens with one attached hydrogen (secondary N) is 3. The van der Waals surface area contributed by atoms with Gasteiger partial charge in [-0.15, -0.1) is 0 Å². The second kappa shape index (κ2) is 14.2. The van der Waals surface area contributed by atoms with E-state index in [4.69, 9.17) is 17.0 Å². The molecule has 0 aliphatic carbocycles. The molecule has 11 heteroatoms. The van der Waals surface area contributed by atoms with Crippen LogP contribution in [0.1, 0.15) is 33.6 Å². The SMILES string of the molecule is CCN=C(N/N=C(C)/C(=N/NC(=S)NCC)C1=[N+](C)C(CCCOC)[N+](C)=C1)SC. The lowest BCUT2D eigenvalue weighted by Crippen LogP contribution is -2.37. The van der Waals surface area contributed by atoms with Crippen molar-refractivity contribution in [3.63, 3.8) is 0 Å². The highest BCUT2D eigenvalue weighted by Crippen LogP contribution is 2.08. The summed E-state index contributed by atoms with van der Waals surface area (Å²) in [5.41, 5.74) is 8.37. The Kier molecular flexibility index (Phi) is 12.4. The maximum atomic E-state index is 5.27. The van der Waals surface area contributed by atoms with Crippen molar-refractivity contribution in [1.29, 1.82) is 0 Å². The lowest BCUT2D eigenvalue weighted by molar-refractivity contribution is -0.740. The van der Waals surface area contributed by atoms with Crippen molar-refractivity contribution in [2.75, 3.05) is 47.2 Å². The summed E-state index contributed by atoms with van der Waals surface area (Å²) in [6, 6.07) is 0. The highest BCUT2D eigenvalue weighted by atomic mass is 32.2. The molecule has 0 aromatic heterocycles. The average Bonchev–Trinajstić information content (AvgIpc) is 2.99. The van der Waals surface area contributed by atoms with Crippen LogP contribution in [0.2, 0.25) is 0 Å². The number of aliphatic imine (C=N–C) groups is 1. The van der Waals surface area contributed by atoms with E-state index >= 15 is 0 Å². The Hall–Kier alpha value is -1.85. The molecule has 1 heterocycles. The van der Waals surface area contributed by atoms with Crippen LogP contribution in [0.5, 0.6) is 0 Å². The van der Waals surface area contributed by atoms with Gasteiger partial charge in [-0.1, -0.05) is 11.8 Å². The minimum atomic E-state index is 0.227. The van der Waals surface area contributed by atoms with Gasteiger partial charge in [-0.25, -0.2) is 0 Å². The van der Waals surface area contributed by atoms with Gasteiger partial charge in [0.15, 0.2) is 16.0 Å². The van der Waals surface area contributed by atoms with Gasteiger partial charge in [0.25, 0.3) is 5.71 Å². The van der Waals surface area contributed by atoms with E-state index < -0.39 is 0 Å². The summed E-state index contributed by atoms with van der Waals surface area (Å²) >= 11 is 6.79. The first kappa shape index (κ1) is 26.2. The van der Waals surface area contributed by atoms with Crippen LogP contribution in [0.25, 0.3) is 0 Å². The molecule has 0 aromatic rings. The van der Waals surface area contributed by atoms with Crippen LogP contribution in [0.3, 0.4) is 0 Å². The molecular formula is C19H36N8OS2+2. The number of ether oxygens (including phenoxy) is 1. The Morgan fingerprint density at radius 3 is 2.60 bits per heavy atom. The molecular weight excluding hydrogens is 420 g/mol. The average molecular weight is 457 g/mol. The van der Waals surface area contributed by atoms with E-state index in [2.05, 4.69) is 60.8 Å². The smallest absolute Gasteiger partial charge is 0.343 e. The van der Waals surface area contributed by atoms with Crippen LogP contribution in [0, 0.1) is 0 Å². The Bertz CT molecular complexity index is 743. The van der Waals surface area contributed by atoms with Crippen LogP contribution in [0.15, 0.2) is 15.2 Å². The molecule has 0 bridgehead atoms. The first-order valence-electron chi connectivity index (χ1n) is 10.1. The number of thiocarbonyl (C=S) groups is 1. The van der Waals surface area contributed by atoms with Crippen molar-refractivity contribution >= 4 is 57.6 Å². The molecule has 9 nitrogen and oxygen atoms in total. The maximum Gasteiger partial charge on any atom is 0.343 e. The molecule has 1 unspecified atom stereocenters. The van der Waals surface area contributed by atoms with Gasteiger partial charge in [-0.2, -0.15) is 19.4 Å². The summed E-state index contributed by atoms with van der Waals surface area (Å²) in [6.07, 6.45) is 6.23. The van der Waals surface area contributed by atoms with Crippen molar-refractivity contribution in [2.24, 2.45) is 15.2 Å². The predicted octanol–water partition coefficient (Wildman–Crippen LogP) is 1.09. The molecule has 168 valence electrons. The third-order valence-corrected chi connectivity index (χ3v) is 5.28. The topological polar surface area (TPSA) is 88.4 Å². The Balaban J connectivity index is 3.22. The minimum Gasteiger partial charge on any atom is -0.385 e. The first-order chi connectivity index (χ1) is 14.4. The van der Waals surface area contributed by atoms with Crippen LogP contribution in [0.4, 0.5) is 0 Å². The number of rotatable bonds is 10. The van der Waals surface area contributed by atoms with Crippen molar-refractivity contribution in [2.45, 2.75) is 39.8 Å². The predicted molar refractivity (Wildman–Crippen MR) is 133 cm³/mol. The zero-order chi connectivity index (χ0) is 22.5. The second-order valence-electron chi connectivity index (χ2n) is 6.63. The number of hydrogen-bond donors (Lipinski definition) is 3. The van der Waals surface area contributed by atoms with Crippen molar-refractivity contribution in [1.82, 2.24) is 16.2 Å². The molecule has 3 N–H and O–H groups in total. The summed E-state index contributed by atoms with van der Waals surface area (Å²) in [7, 11) is 5.87. The van der Waals surface area contributed by atoms with E-state index in [1.807, 2.05) is 27.0 Å². The molecule has 1 aliphatic rings. The number of hydrogen-bond acceptors (Lipinski definition) is 6. The number of hydrazone groups is 2. The zero-order valence-electron chi connectivity index (χ0n) is 19.2. The van der Waals surface area contributed by atoms with E-state index in [0.717, 1.165) is 42.6 Å². The van der Waals surface area contributed by atoms with Crippen molar-refractivity contribution < 1.29 is 13.9 Å². The van der Waals surface area contributed by atoms with Crippen LogP contribution >= 0.6 is 24.0 Å². The van der Waals surface area contributed by atoms with Gasteiger partial charge in [0.1, 0.15) is 14.1 Å². The normalized spacial score (nSPS) is 17.9. The molecule has 1 rings (SSSR count). The monoisotopic (exact) mass is 456 g/mol. The molecule has 1 aliphatic heterocycles. The van der Waals surface area contributed by atoms with Gasteiger partial charge < -0.3 is 10.1 Å². The van der Waals surface area contributed by atoms with Crippen molar-refractivity contribution in [3.8, 4) is 0 Å². The number of methoxy groups -OCH3 is 1. The van der Waals surface area contributed by atoms with Gasteiger partial charge in [-0.3, -0.25) is 15.8 Å². The Morgan fingerprint density at radius 2 is 2.00 bits per heavy atom. The van der Waals surface area contributed by atoms with E-state index in [1.165, 1.54) is 11.8 Å². The molecule has 0 radical (unpaired) electrons. The fraction of sp³-hybridized carbons (Fsp3) is 0.684. The third-order valence-electron chi connectivity index (χ3n) is 4.44. The van der Waals surface area contributed by atoms with Gasteiger partial charge in [0.2, 0.25) is 6.21 Å². The second-order valence-corrected chi connectivity index (χ2v) is 7.83. The molecule has 1 atom stereocenters. The standard InChI is InChI=1S/C19H34N8OS2/c1-8-20-18(29)24-23-17(14(3)22-25-19(30-7)21-9-2)15-13-26(4)16(27(15)5)11-10-12-28-6/h13,16H,8-12H2,1-7H3,(H,20,29)/p+2. The highest BCUT2D eigenvalue weighted by Gasteiger charge is 2.39. The number of nitrogens with zero attached hydrogens (tertiary/aromatic N) is 5. The van der Waals surface area contributed by atoms with E-state index in [1.54, 1.807) is 7.11 Å². The molecule has 0 fully saturated rings. The first-order valence-corrected chi connectivity index (χ1v) is 11.7.